The Morgan fingerprint density at radius 2 is 2.08 bits per heavy atom. The maximum Gasteiger partial charge on any atom is 0.269 e. The Kier molecular flexibility index (Phi) is 4.69. The molecule has 0 aliphatic rings. The number of aromatic nitrogens is 3. The van der Waals surface area contributed by atoms with Crippen molar-refractivity contribution in [1.29, 1.82) is 0 Å². The fourth-order valence-corrected chi connectivity index (χ4v) is 3.86. The number of aryl methyl sites for hydroxylation is 1. The zero-order chi connectivity index (χ0) is 18.1. The van der Waals surface area contributed by atoms with E-state index in [0.29, 0.717) is 21.4 Å². The Balaban J connectivity index is 1.76. The zero-order valence-corrected chi connectivity index (χ0v) is 15.5. The maximum absolute atomic E-state index is 12.5. The van der Waals surface area contributed by atoms with Crippen molar-refractivity contribution in [1.82, 2.24) is 15.0 Å². The molecule has 130 valence electrons. The van der Waals surface area contributed by atoms with Gasteiger partial charge in [0.2, 0.25) is 0 Å². The molecule has 3 heterocycles. The normalized spacial score (nSPS) is 11.0. The summed E-state index contributed by atoms with van der Waals surface area (Å²) < 4.78 is 0. The minimum atomic E-state index is -0.531. The van der Waals surface area contributed by atoms with Crippen molar-refractivity contribution in [3.05, 3.63) is 38.9 Å². The first-order valence-corrected chi connectivity index (χ1v) is 9.27. The minimum absolute atomic E-state index is 0.213. The van der Waals surface area contributed by atoms with Crippen LogP contribution in [0.5, 0.6) is 0 Å². The van der Waals surface area contributed by atoms with Crippen molar-refractivity contribution in [2.24, 2.45) is 5.73 Å². The van der Waals surface area contributed by atoms with Crippen LogP contribution in [0.2, 0.25) is 0 Å². The third kappa shape index (κ3) is 3.62. The summed E-state index contributed by atoms with van der Waals surface area (Å²) in [6.45, 7) is 5.92. The number of nitrogens with zero attached hydrogens (tertiary/aromatic N) is 2. The first kappa shape index (κ1) is 17.3. The van der Waals surface area contributed by atoms with Gasteiger partial charge in [-0.2, -0.15) is 0 Å². The molecule has 0 saturated heterocycles. The van der Waals surface area contributed by atoms with Crippen LogP contribution in [0, 0.1) is 6.92 Å². The molecular formula is C16H17N5O2S2. The van der Waals surface area contributed by atoms with E-state index < -0.39 is 5.91 Å². The lowest BCUT2D eigenvalue weighted by Gasteiger charge is -1.99. The summed E-state index contributed by atoms with van der Waals surface area (Å²) in [6, 6.07) is 1.63. The molecule has 0 aliphatic carbocycles. The van der Waals surface area contributed by atoms with Gasteiger partial charge in [-0.15, -0.1) is 22.7 Å². The number of nitrogens with one attached hydrogen (secondary N) is 2. The largest absolute Gasteiger partial charge is 0.364 e. The van der Waals surface area contributed by atoms with E-state index in [1.165, 1.54) is 22.7 Å². The van der Waals surface area contributed by atoms with E-state index in [4.69, 9.17) is 5.73 Å². The molecule has 0 unspecified atom stereocenters. The van der Waals surface area contributed by atoms with Crippen LogP contribution in [-0.2, 0) is 0 Å². The van der Waals surface area contributed by atoms with Crippen molar-refractivity contribution < 1.29 is 9.59 Å². The Labute approximate surface area is 152 Å². The molecule has 0 atom stereocenters. The fraction of sp³-hybridized carbons (Fsp3) is 0.250. The van der Waals surface area contributed by atoms with Gasteiger partial charge in [0.25, 0.3) is 11.8 Å². The predicted molar refractivity (Wildman–Crippen MR) is 99.3 cm³/mol. The number of carbonyl (C=O) groups excluding carboxylic acids is 2. The molecule has 3 aromatic heterocycles. The summed E-state index contributed by atoms with van der Waals surface area (Å²) in [5.74, 6) is -0.462. The van der Waals surface area contributed by atoms with E-state index in [0.717, 1.165) is 16.3 Å². The summed E-state index contributed by atoms with van der Waals surface area (Å²) in [7, 11) is 0. The maximum atomic E-state index is 12.5. The SMILES string of the molecule is Cc1nc(C(C)C)sc1C(=O)Nc1nc(-c2c[nH]c(C(N)=O)c2)cs1. The highest BCUT2D eigenvalue weighted by molar-refractivity contribution is 7.15. The standard InChI is InChI=1S/C16H17N5O2S2/c1-7(2)15-19-8(3)12(25-15)14(23)21-16-20-11(6-24-16)9-4-10(13(17)22)18-5-9/h4-7,18H,1-3H3,(H2,17,22)(H,20,21,23). The number of thiazole rings is 2. The van der Waals surface area contributed by atoms with Crippen molar-refractivity contribution in [3.8, 4) is 11.3 Å². The lowest BCUT2D eigenvalue weighted by Crippen LogP contribution is -2.11. The van der Waals surface area contributed by atoms with Crippen LogP contribution in [0.1, 0.15) is 50.6 Å². The Hall–Kier alpha value is -2.52. The van der Waals surface area contributed by atoms with Gasteiger partial charge < -0.3 is 10.7 Å². The molecular weight excluding hydrogens is 358 g/mol. The average Bonchev–Trinajstić information content (AvgIpc) is 3.24. The van der Waals surface area contributed by atoms with Gasteiger partial charge in [0.15, 0.2) is 5.13 Å². The van der Waals surface area contributed by atoms with Crippen molar-refractivity contribution in [3.63, 3.8) is 0 Å². The second kappa shape index (κ2) is 6.77. The number of aromatic amines is 1. The smallest absolute Gasteiger partial charge is 0.269 e. The molecule has 0 saturated carbocycles. The average molecular weight is 375 g/mol. The Morgan fingerprint density at radius 1 is 1.32 bits per heavy atom. The van der Waals surface area contributed by atoms with Crippen LogP contribution in [0.15, 0.2) is 17.6 Å². The van der Waals surface area contributed by atoms with Gasteiger partial charge >= 0.3 is 0 Å². The van der Waals surface area contributed by atoms with Gasteiger partial charge in [-0.25, -0.2) is 9.97 Å². The first-order valence-electron chi connectivity index (χ1n) is 7.58. The molecule has 2 amide bonds. The summed E-state index contributed by atoms with van der Waals surface area (Å²) in [6.07, 6.45) is 1.66. The monoisotopic (exact) mass is 375 g/mol. The lowest BCUT2D eigenvalue weighted by molar-refractivity contribution is 0.0994. The summed E-state index contributed by atoms with van der Waals surface area (Å²) in [5, 5.41) is 6.04. The highest BCUT2D eigenvalue weighted by Crippen LogP contribution is 2.28. The van der Waals surface area contributed by atoms with Crippen LogP contribution < -0.4 is 11.1 Å². The molecule has 3 rings (SSSR count). The Morgan fingerprint density at radius 3 is 2.68 bits per heavy atom. The van der Waals surface area contributed by atoms with E-state index >= 15 is 0 Å². The molecule has 0 fully saturated rings. The van der Waals surface area contributed by atoms with E-state index in [-0.39, 0.29) is 11.8 Å². The topological polar surface area (TPSA) is 114 Å². The van der Waals surface area contributed by atoms with Crippen LogP contribution in [0.3, 0.4) is 0 Å². The highest BCUT2D eigenvalue weighted by atomic mass is 32.1. The first-order chi connectivity index (χ1) is 11.8. The molecule has 7 nitrogen and oxygen atoms in total. The lowest BCUT2D eigenvalue weighted by atomic mass is 10.2. The molecule has 3 aromatic rings. The predicted octanol–water partition coefficient (Wildman–Crippen LogP) is 3.38. The zero-order valence-electron chi connectivity index (χ0n) is 13.9. The second-order valence-electron chi connectivity index (χ2n) is 5.78. The number of H-pyrrole nitrogens is 1. The van der Waals surface area contributed by atoms with E-state index in [1.54, 1.807) is 12.3 Å². The molecule has 0 radical (unpaired) electrons. The van der Waals surface area contributed by atoms with Crippen LogP contribution in [0.4, 0.5) is 5.13 Å². The summed E-state index contributed by atoms with van der Waals surface area (Å²) >= 11 is 2.72. The molecule has 0 aliphatic heterocycles. The quantitative estimate of drug-likeness (QED) is 0.634. The van der Waals surface area contributed by atoms with Gasteiger partial charge in [-0.05, 0) is 13.0 Å². The van der Waals surface area contributed by atoms with Crippen LogP contribution in [-0.4, -0.2) is 26.8 Å². The van der Waals surface area contributed by atoms with Crippen LogP contribution >= 0.6 is 22.7 Å². The van der Waals surface area contributed by atoms with Crippen molar-refractivity contribution in [2.45, 2.75) is 26.7 Å². The van der Waals surface area contributed by atoms with E-state index in [1.807, 2.05) is 26.2 Å². The van der Waals surface area contributed by atoms with Gasteiger partial charge in [0, 0.05) is 23.1 Å². The number of nitrogens with two attached hydrogens (primary N) is 1. The Bertz CT molecular complexity index is 938. The minimum Gasteiger partial charge on any atom is -0.364 e. The molecule has 0 aromatic carbocycles. The molecule has 9 heteroatoms. The van der Waals surface area contributed by atoms with E-state index in [9.17, 15) is 9.59 Å². The number of hydrogen-bond acceptors (Lipinski definition) is 6. The van der Waals surface area contributed by atoms with Gasteiger partial charge in [0.05, 0.1) is 16.4 Å². The van der Waals surface area contributed by atoms with Gasteiger partial charge in [-0.1, -0.05) is 13.8 Å². The number of primary amides is 1. The third-order valence-corrected chi connectivity index (χ3v) is 5.70. The van der Waals surface area contributed by atoms with Gasteiger partial charge in [-0.3, -0.25) is 14.9 Å². The van der Waals surface area contributed by atoms with Gasteiger partial charge in [0.1, 0.15) is 10.6 Å². The fourth-order valence-electron chi connectivity index (χ4n) is 2.18. The number of carbonyl (C=O) groups is 2. The second-order valence-corrected chi connectivity index (χ2v) is 7.67. The molecule has 25 heavy (non-hydrogen) atoms. The highest BCUT2D eigenvalue weighted by Gasteiger charge is 2.18. The number of anilines is 1. The number of amides is 2. The summed E-state index contributed by atoms with van der Waals surface area (Å²) in [4.78, 5) is 35.8. The molecule has 0 bridgehead atoms. The van der Waals surface area contributed by atoms with E-state index in [2.05, 4.69) is 20.3 Å². The summed E-state index contributed by atoms with van der Waals surface area (Å²) in [5.41, 5.74) is 7.66. The number of hydrogen-bond donors (Lipinski definition) is 3. The third-order valence-electron chi connectivity index (χ3n) is 3.48. The van der Waals surface area contributed by atoms with Crippen molar-refractivity contribution in [2.75, 3.05) is 5.32 Å². The van der Waals surface area contributed by atoms with Crippen LogP contribution in [0.25, 0.3) is 11.3 Å². The van der Waals surface area contributed by atoms with Crippen molar-refractivity contribution >= 4 is 39.6 Å². The number of rotatable bonds is 5. The molecule has 4 N–H and O–H groups in total. The molecule has 0 spiro atoms.